The van der Waals surface area contributed by atoms with Crippen LogP contribution in [0, 0.1) is 23.0 Å². The predicted octanol–water partition coefficient (Wildman–Crippen LogP) is 3.46. The Morgan fingerprint density at radius 2 is 2.00 bits per heavy atom. The molecule has 4 heteroatoms. The van der Waals surface area contributed by atoms with E-state index in [1.807, 2.05) is 6.07 Å². The smallest absolute Gasteiger partial charge is 0.159 e. The molecule has 0 atom stereocenters. The van der Waals surface area contributed by atoms with Gasteiger partial charge in [-0.1, -0.05) is 17.7 Å². The third-order valence-corrected chi connectivity index (χ3v) is 2.17. The molecule has 0 aliphatic carbocycles. The number of rotatable bonds is 1. The summed E-state index contributed by atoms with van der Waals surface area (Å²) in [5.41, 5.74) is 0.558. The van der Waals surface area contributed by atoms with Crippen molar-refractivity contribution in [3.63, 3.8) is 0 Å². The third kappa shape index (κ3) is 2.09. The molecule has 14 heavy (non-hydrogen) atoms. The Bertz CT molecular complexity index is 432. The molecule has 0 saturated carbocycles. The fourth-order valence-electron chi connectivity index (χ4n) is 0.898. The Balaban J connectivity index is 3.24. The Kier molecular flexibility index (Phi) is 3.21. The van der Waals surface area contributed by atoms with Crippen molar-refractivity contribution in [2.45, 2.75) is 6.92 Å². The zero-order chi connectivity index (χ0) is 10.7. The van der Waals surface area contributed by atoms with Crippen molar-refractivity contribution >= 4 is 16.6 Å². The molecular formula is C10H6ClF2N. The highest BCUT2D eigenvalue weighted by Gasteiger charge is 2.07. The molecule has 0 heterocycles. The van der Waals surface area contributed by atoms with Crippen LogP contribution in [0.5, 0.6) is 0 Å². The van der Waals surface area contributed by atoms with Crippen LogP contribution >= 0.6 is 11.6 Å². The average molecular weight is 214 g/mol. The number of nitrogens with zero attached hydrogens (tertiary/aromatic N) is 1. The van der Waals surface area contributed by atoms with Gasteiger partial charge in [-0.15, -0.1) is 0 Å². The summed E-state index contributed by atoms with van der Waals surface area (Å²) in [6, 6.07) is 5.08. The van der Waals surface area contributed by atoms with Crippen LogP contribution in [-0.4, -0.2) is 0 Å². The second-order valence-electron chi connectivity index (χ2n) is 2.68. The fraction of sp³-hybridized carbons (Fsp3) is 0.100. The Morgan fingerprint density at radius 3 is 2.50 bits per heavy atom. The second kappa shape index (κ2) is 4.21. The fourth-order valence-corrected chi connectivity index (χ4v) is 1.06. The first kappa shape index (κ1) is 10.7. The standard InChI is InChI=1S/C10H6ClF2N/c1-6(5-14)10(11)7-2-3-8(12)9(13)4-7/h2-4H,1H3. The minimum atomic E-state index is -0.980. The lowest BCUT2D eigenvalue weighted by Crippen LogP contribution is -1.87. The van der Waals surface area contributed by atoms with E-state index in [1.165, 1.54) is 13.0 Å². The quantitative estimate of drug-likeness (QED) is 0.656. The summed E-state index contributed by atoms with van der Waals surface area (Å²) in [4.78, 5) is 0. The van der Waals surface area contributed by atoms with E-state index in [-0.39, 0.29) is 10.6 Å². The number of halogens is 3. The van der Waals surface area contributed by atoms with Crippen molar-refractivity contribution in [2.24, 2.45) is 0 Å². The van der Waals surface area contributed by atoms with Crippen molar-refractivity contribution in [1.82, 2.24) is 0 Å². The zero-order valence-corrected chi connectivity index (χ0v) is 8.07. The molecule has 0 N–H and O–H groups in total. The normalized spacial score (nSPS) is 11.9. The average Bonchev–Trinajstić information content (AvgIpc) is 2.20. The highest BCUT2D eigenvalue weighted by atomic mass is 35.5. The van der Waals surface area contributed by atoms with E-state index in [4.69, 9.17) is 16.9 Å². The van der Waals surface area contributed by atoms with Crippen LogP contribution in [0.4, 0.5) is 8.78 Å². The van der Waals surface area contributed by atoms with E-state index in [0.29, 0.717) is 5.56 Å². The molecule has 0 bridgehead atoms. The van der Waals surface area contributed by atoms with Gasteiger partial charge in [-0.2, -0.15) is 5.26 Å². The SMILES string of the molecule is CC(C#N)=C(Cl)c1ccc(F)c(F)c1. The Hall–Kier alpha value is -1.40. The largest absolute Gasteiger partial charge is 0.204 e. The zero-order valence-electron chi connectivity index (χ0n) is 7.31. The van der Waals surface area contributed by atoms with Crippen molar-refractivity contribution in [1.29, 1.82) is 5.26 Å². The van der Waals surface area contributed by atoms with E-state index in [1.54, 1.807) is 0 Å². The minimum Gasteiger partial charge on any atom is -0.204 e. The van der Waals surface area contributed by atoms with Gasteiger partial charge in [0.15, 0.2) is 11.6 Å². The summed E-state index contributed by atoms with van der Waals surface area (Å²) in [7, 11) is 0. The van der Waals surface area contributed by atoms with Crippen LogP contribution < -0.4 is 0 Å². The van der Waals surface area contributed by atoms with Crippen LogP contribution in [0.15, 0.2) is 23.8 Å². The minimum absolute atomic E-state index is 0.131. The summed E-state index contributed by atoms with van der Waals surface area (Å²) < 4.78 is 25.3. The molecule has 1 aromatic carbocycles. The van der Waals surface area contributed by atoms with Crippen LogP contribution in [0.3, 0.4) is 0 Å². The van der Waals surface area contributed by atoms with E-state index in [0.717, 1.165) is 12.1 Å². The van der Waals surface area contributed by atoms with Gasteiger partial charge in [-0.05, 0) is 24.6 Å². The lowest BCUT2D eigenvalue weighted by molar-refractivity contribution is 0.508. The molecule has 0 fully saturated rings. The van der Waals surface area contributed by atoms with E-state index >= 15 is 0 Å². The predicted molar refractivity (Wildman–Crippen MR) is 50.4 cm³/mol. The van der Waals surface area contributed by atoms with Gasteiger partial charge >= 0.3 is 0 Å². The first-order valence-electron chi connectivity index (χ1n) is 3.78. The van der Waals surface area contributed by atoms with Crippen LogP contribution in [-0.2, 0) is 0 Å². The van der Waals surface area contributed by atoms with Crippen LogP contribution in [0.2, 0.25) is 0 Å². The maximum atomic E-state index is 12.8. The highest BCUT2D eigenvalue weighted by molar-refractivity contribution is 6.49. The van der Waals surface area contributed by atoms with Gasteiger partial charge in [0.25, 0.3) is 0 Å². The molecule has 0 saturated heterocycles. The van der Waals surface area contributed by atoms with Crippen molar-refractivity contribution in [3.05, 3.63) is 41.0 Å². The van der Waals surface area contributed by atoms with Crippen LogP contribution in [0.1, 0.15) is 12.5 Å². The molecule has 0 radical (unpaired) electrons. The number of benzene rings is 1. The number of nitriles is 1. The summed E-state index contributed by atoms with van der Waals surface area (Å²) in [6.07, 6.45) is 0. The second-order valence-corrected chi connectivity index (χ2v) is 3.06. The first-order valence-corrected chi connectivity index (χ1v) is 4.16. The molecule has 1 rings (SSSR count). The molecule has 1 nitrogen and oxygen atoms in total. The summed E-state index contributed by atoms with van der Waals surface area (Å²) in [5.74, 6) is -1.92. The van der Waals surface area contributed by atoms with Crippen LogP contribution in [0.25, 0.3) is 5.03 Å². The Labute approximate surface area is 85.2 Å². The number of hydrogen-bond donors (Lipinski definition) is 0. The molecule has 72 valence electrons. The van der Waals surface area contributed by atoms with Crippen molar-refractivity contribution in [3.8, 4) is 6.07 Å². The summed E-state index contributed by atoms with van der Waals surface area (Å²) in [6.45, 7) is 1.50. The van der Waals surface area contributed by atoms with Gasteiger partial charge in [-0.25, -0.2) is 8.78 Å². The first-order chi connectivity index (χ1) is 6.56. The molecule has 0 aliphatic rings. The molecule has 0 amide bonds. The lowest BCUT2D eigenvalue weighted by atomic mass is 10.1. The summed E-state index contributed by atoms with van der Waals surface area (Å²) >= 11 is 5.75. The molecule has 0 spiro atoms. The molecule has 0 aromatic heterocycles. The van der Waals surface area contributed by atoms with Gasteiger partial charge in [0.05, 0.1) is 11.1 Å². The highest BCUT2D eigenvalue weighted by Crippen LogP contribution is 2.23. The summed E-state index contributed by atoms with van der Waals surface area (Å²) in [5, 5.41) is 8.66. The molecule has 1 aromatic rings. The van der Waals surface area contributed by atoms with E-state index in [2.05, 4.69) is 0 Å². The van der Waals surface area contributed by atoms with Gasteiger partial charge in [0, 0.05) is 5.57 Å². The van der Waals surface area contributed by atoms with Crippen molar-refractivity contribution in [2.75, 3.05) is 0 Å². The maximum Gasteiger partial charge on any atom is 0.159 e. The lowest BCUT2D eigenvalue weighted by Gasteiger charge is -2.00. The van der Waals surface area contributed by atoms with Crippen molar-refractivity contribution < 1.29 is 8.78 Å². The van der Waals surface area contributed by atoms with Gasteiger partial charge in [0.2, 0.25) is 0 Å². The van der Waals surface area contributed by atoms with Gasteiger partial charge in [0.1, 0.15) is 0 Å². The monoisotopic (exact) mass is 213 g/mol. The van der Waals surface area contributed by atoms with Gasteiger partial charge < -0.3 is 0 Å². The van der Waals surface area contributed by atoms with Gasteiger partial charge in [-0.3, -0.25) is 0 Å². The Morgan fingerprint density at radius 1 is 1.36 bits per heavy atom. The topological polar surface area (TPSA) is 23.8 Å². The third-order valence-electron chi connectivity index (χ3n) is 1.67. The molecular weight excluding hydrogens is 208 g/mol. The number of hydrogen-bond acceptors (Lipinski definition) is 1. The maximum absolute atomic E-state index is 12.8. The molecule has 0 aliphatic heterocycles. The van der Waals surface area contributed by atoms with E-state index < -0.39 is 11.6 Å². The number of allylic oxidation sites excluding steroid dienone is 1. The van der Waals surface area contributed by atoms with E-state index in [9.17, 15) is 8.78 Å². The molecule has 0 unspecified atom stereocenters.